The molecule has 1 fully saturated rings. The predicted molar refractivity (Wildman–Crippen MR) is 139 cm³/mol. The first-order valence-corrected chi connectivity index (χ1v) is 12.3. The van der Waals surface area contributed by atoms with Crippen molar-refractivity contribution in [2.75, 3.05) is 5.32 Å². The number of benzene rings is 3. The number of nitrogens with zero attached hydrogens (tertiary/aromatic N) is 2. The van der Waals surface area contributed by atoms with Gasteiger partial charge in [0, 0.05) is 20.7 Å². The van der Waals surface area contributed by atoms with Crippen LogP contribution >= 0.6 is 46.0 Å². The lowest BCUT2D eigenvalue weighted by molar-refractivity contribution is -0.129. The minimum atomic E-state index is -0.640. The van der Waals surface area contributed by atoms with E-state index in [0.29, 0.717) is 21.6 Å². The number of amides is 2. The van der Waals surface area contributed by atoms with E-state index in [9.17, 15) is 14.0 Å². The lowest BCUT2D eigenvalue weighted by Gasteiger charge is -2.32. The van der Waals surface area contributed by atoms with E-state index in [2.05, 4.69) is 32.9 Å². The van der Waals surface area contributed by atoms with Crippen LogP contribution in [0.5, 0.6) is 0 Å². The molecular formula is C24H18ClFIN3O2S. The fourth-order valence-corrected chi connectivity index (χ4v) is 4.82. The van der Waals surface area contributed by atoms with Crippen molar-refractivity contribution in [2.45, 2.75) is 18.2 Å². The summed E-state index contributed by atoms with van der Waals surface area (Å²) in [7, 11) is 0. The summed E-state index contributed by atoms with van der Waals surface area (Å²) in [6.45, 7) is 0.219. The van der Waals surface area contributed by atoms with Crippen molar-refractivity contribution >= 4 is 74.3 Å². The van der Waals surface area contributed by atoms with E-state index in [1.54, 1.807) is 36.4 Å². The molecule has 0 aromatic heterocycles. The van der Waals surface area contributed by atoms with E-state index in [4.69, 9.17) is 11.6 Å². The first-order valence-electron chi connectivity index (χ1n) is 9.99. The largest absolute Gasteiger partial charge is 0.325 e. The van der Waals surface area contributed by atoms with E-state index < -0.39 is 5.25 Å². The summed E-state index contributed by atoms with van der Waals surface area (Å²) in [5.41, 5.74) is 1.99. The summed E-state index contributed by atoms with van der Waals surface area (Å²) in [6, 6.07) is 20.3. The molecule has 1 heterocycles. The molecule has 1 atom stereocenters. The lowest BCUT2D eigenvalue weighted by Crippen LogP contribution is -2.44. The minimum Gasteiger partial charge on any atom is -0.325 e. The SMILES string of the molecule is O=C(Nc1ccc(I)cc1)C1CC(=O)N(Cc2ccc(F)cc2)C(=Nc2cccc(Cl)c2)S1. The van der Waals surface area contributed by atoms with Gasteiger partial charge in [-0.05, 0) is 82.8 Å². The zero-order valence-electron chi connectivity index (χ0n) is 17.2. The molecule has 3 aromatic rings. The molecule has 5 nitrogen and oxygen atoms in total. The molecular weight excluding hydrogens is 576 g/mol. The highest BCUT2D eigenvalue weighted by Gasteiger charge is 2.36. The number of carbonyl (C=O) groups is 2. The molecule has 2 amide bonds. The van der Waals surface area contributed by atoms with Crippen molar-refractivity contribution in [2.24, 2.45) is 4.99 Å². The molecule has 168 valence electrons. The van der Waals surface area contributed by atoms with Gasteiger partial charge in [-0.2, -0.15) is 0 Å². The van der Waals surface area contributed by atoms with Crippen molar-refractivity contribution in [3.05, 3.63) is 92.8 Å². The van der Waals surface area contributed by atoms with Gasteiger partial charge in [-0.1, -0.05) is 41.6 Å². The highest BCUT2D eigenvalue weighted by atomic mass is 127. The van der Waals surface area contributed by atoms with Gasteiger partial charge in [0.05, 0.1) is 12.2 Å². The normalized spacial score (nSPS) is 17.3. The number of aliphatic imine (C=N–C) groups is 1. The third kappa shape index (κ3) is 6.33. The van der Waals surface area contributed by atoms with E-state index in [1.165, 1.54) is 28.8 Å². The number of amidine groups is 1. The highest BCUT2D eigenvalue weighted by Crippen LogP contribution is 2.31. The molecule has 1 aliphatic rings. The van der Waals surface area contributed by atoms with Gasteiger partial charge in [0.25, 0.3) is 0 Å². The Labute approximate surface area is 213 Å². The molecule has 0 bridgehead atoms. The van der Waals surface area contributed by atoms with Crippen LogP contribution in [0.2, 0.25) is 5.02 Å². The Morgan fingerprint density at radius 2 is 1.88 bits per heavy atom. The smallest absolute Gasteiger partial charge is 0.238 e. The number of hydrogen-bond donors (Lipinski definition) is 1. The molecule has 0 aliphatic carbocycles. The molecule has 4 rings (SSSR count). The number of nitrogens with one attached hydrogen (secondary N) is 1. The molecule has 1 aliphatic heterocycles. The molecule has 0 spiro atoms. The fourth-order valence-electron chi connectivity index (χ4n) is 3.18. The van der Waals surface area contributed by atoms with Gasteiger partial charge in [-0.25, -0.2) is 9.38 Å². The van der Waals surface area contributed by atoms with E-state index >= 15 is 0 Å². The Kier molecular flexibility index (Phi) is 7.67. The highest BCUT2D eigenvalue weighted by molar-refractivity contribution is 14.1. The predicted octanol–water partition coefficient (Wildman–Crippen LogP) is 6.24. The van der Waals surface area contributed by atoms with Crippen LogP contribution in [0.25, 0.3) is 0 Å². The Bertz CT molecular complexity index is 1210. The third-order valence-electron chi connectivity index (χ3n) is 4.83. The number of hydrogen-bond acceptors (Lipinski definition) is 4. The molecule has 9 heteroatoms. The van der Waals surface area contributed by atoms with Crippen LogP contribution in [0.1, 0.15) is 12.0 Å². The zero-order chi connectivity index (χ0) is 23.4. The van der Waals surface area contributed by atoms with Gasteiger partial charge < -0.3 is 5.32 Å². The Morgan fingerprint density at radius 3 is 2.58 bits per heavy atom. The maximum atomic E-state index is 13.3. The van der Waals surface area contributed by atoms with Gasteiger partial charge >= 0.3 is 0 Å². The Hall–Kier alpha value is -2.43. The van der Waals surface area contributed by atoms with E-state index in [0.717, 1.165) is 9.13 Å². The van der Waals surface area contributed by atoms with Crippen molar-refractivity contribution in [1.29, 1.82) is 0 Å². The van der Waals surface area contributed by atoms with E-state index in [1.807, 2.05) is 24.3 Å². The maximum Gasteiger partial charge on any atom is 0.238 e. The first kappa shape index (κ1) is 23.7. The van der Waals surface area contributed by atoms with Gasteiger partial charge in [-0.3, -0.25) is 14.5 Å². The van der Waals surface area contributed by atoms with Crippen LogP contribution in [0.4, 0.5) is 15.8 Å². The van der Waals surface area contributed by atoms with Crippen LogP contribution in [0, 0.1) is 9.39 Å². The lowest BCUT2D eigenvalue weighted by atomic mass is 10.2. The molecule has 1 N–H and O–H groups in total. The number of thioether (sulfide) groups is 1. The summed E-state index contributed by atoms with van der Waals surface area (Å²) in [5, 5.41) is 3.14. The average molecular weight is 594 g/mol. The van der Waals surface area contributed by atoms with Crippen molar-refractivity contribution in [3.8, 4) is 0 Å². The Morgan fingerprint density at radius 1 is 1.15 bits per heavy atom. The number of rotatable bonds is 5. The topological polar surface area (TPSA) is 61.8 Å². The summed E-state index contributed by atoms with van der Waals surface area (Å²) >= 11 is 9.51. The van der Waals surface area contributed by atoms with Crippen LogP contribution in [0.3, 0.4) is 0 Å². The molecule has 3 aromatic carbocycles. The summed E-state index contributed by atoms with van der Waals surface area (Å²) < 4.78 is 14.4. The van der Waals surface area contributed by atoms with Crippen molar-refractivity contribution < 1.29 is 14.0 Å². The van der Waals surface area contributed by atoms with Gasteiger partial charge in [0.1, 0.15) is 11.1 Å². The quantitative estimate of drug-likeness (QED) is 0.356. The van der Waals surface area contributed by atoms with Crippen LogP contribution in [-0.4, -0.2) is 27.1 Å². The second-order valence-corrected chi connectivity index (χ2v) is 10.1. The fraction of sp³-hybridized carbons (Fsp3) is 0.125. The molecule has 1 unspecified atom stereocenters. The number of anilines is 1. The van der Waals surface area contributed by atoms with Crippen molar-refractivity contribution in [1.82, 2.24) is 4.90 Å². The van der Waals surface area contributed by atoms with Crippen molar-refractivity contribution in [3.63, 3.8) is 0 Å². The van der Waals surface area contributed by atoms with Gasteiger partial charge in [0.15, 0.2) is 5.17 Å². The second-order valence-electron chi connectivity index (χ2n) is 7.29. The number of carbonyl (C=O) groups excluding carboxylic acids is 2. The summed E-state index contributed by atoms with van der Waals surface area (Å²) in [6.07, 6.45) is 0.0244. The molecule has 0 radical (unpaired) electrons. The minimum absolute atomic E-state index is 0.0244. The third-order valence-corrected chi connectivity index (χ3v) is 6.97. The summed E-state index contributed by atoms with van der Waals surface area (Å²) in [5.74, 6) is -0.852. The van der Waals surface area contributed by atoms with Crippen LogP contribution in [0.15, 0.2) is 77.8 Å². The first-order chi connectivity index (χ1) is 15.9. The standard InChI is InChI=1S/C24H18ClFIN3O2S/c25-16-2-1-3-20(12-16)29-24-30(14-15-4-6-17(26)7-5-15)22(31)13-21(33-24)23(32)28-19-10-8-18(27)9-11-19/h1-12,21H,13-14H2,(H,28,32). The van der Waals surface area contributed by atoms with Gasteiger partial charge in [0.2, 0.25) is 11.8 Å². The Balaban J connectivity index is 1.60. The second kappa shape index (κ2) is 10.7. The number of halogens is 3. The average Bonchev–Trinajstić information content (AvgIpc) is 2.79. The van der Waals surface area contributed by atoms with Gasteiger partial charge in [-0.15, -0.1) is 0 Å². The van der Waals surface area contributed by atoms with Crippen LogP contribution < -0.4 is 5.32 Å². The summed E-state index contributed by atoms with van der Waals surface area (Å²) in [4.78, 5) is 32.2. The molecule has 0 saturated carbocycles. The monoisotopic (exact) mass is 593 g/mol. The molecule has 33 heavy (non-hydrogen) atoms. The van der Waals surface area contributed by atoms with Crippen LogP contribution in [-0.2, 0) is 16.1 Å². The van der Waals surface area contributed by atoms with E-state index in [-0.39, 0.29) is 30.6 Å². The maximum absolute atomic E-state index is 13.3. The molecule has 1 saturated heterocycles. The zero-order valence-corrected chi connectivity index (χ0v) is 20.9.